The molecule has 0 aliphatic heterocycles. The van der Waals surface area contributed by atoms with Crippen LogP contribution < -0.4 is 20.2 Å². The molecule has 0 fully saturated rings. The Morgan fingerprint density at radius 3 is 2.49 bits per heavy atom. The zero-order valence-corrected chi connectivity index (χ0v) is 19.4. The summed E-state index contributed by atoms with van der Waals surface area (Å²) in [7, 11) is 1.49. The van der Waals surface area contributed by atoms with Gasteiger partial charge in [-0.2, -0.15) is 5.10 Å². The van der Waals surface area contributed by atoms with E-state index < -0.39 is 5.97 Å². The van der Waals surface area contributed by atoms with E-state index in [9.17, 15) is 9.59 Å². The molecule has 0 aliphatic carbocycles. The first-order valence-corrected chi connectivity index (χ1v) is 11.0. The van der Waals surface area contributed by atoms with Gasteiger partial charge in [-0.1, -0.05) is 54.1 Å². The number of nitrogens with one attached hydrogen (secondary N) is 2. The number of hydrogen-bond acceptors (Lipinski definition) is 6. The third kappa shape index (κ3) is 6.03. The second kappa shape index (κ2) is 11.0. The van der Waals surface area contributed by atoms with Crippen LogP contribution in [0.15, 0.2) is 90.0 Å². The molecule has 4 aromatic carbocycles. The van der Waals surface area contributed by atoms with Crippen molar-refractivity contribution in [3.63, 3.8) is 0 Å². The van der Waals surface area contributed by atoms with Crippen LogP contribution in [0, 0.1) is 6.92 Å². The number of amides is 1. The number of nitrogens with zero attached hydrogens (tertiary/aromatic N) is 1. The summed E-state index contributed by atoms with van der Waals surface area (Å²) in [6.45, 7) is 2.09. The lowest BCUT2D eigenvalue weighted by atomic mass is 10.0. The predicted molar refractivity (Wildman–Crippen MR) is 137 cm³/mol. The molecule has 0 aliphatic rings. The number of ether oxygens (including phenoxy) is 2. The van der Waals surface area contributed by atoms with E-state index in [-0.39, 0.29) is 18.2 Å². The zero-order valence-electron chi connectivity index (χ0n) is 19.4. The summed E-state index contributed by atoms with van der Waals surface area (Å²) < 4.78 is 11.0. The molecular formula is C28H25N3O4. The lowest BCUT2D eigenvalue weighted by molar-refractivity contribution is -0.119. The smallest absolute Gasteiger partial charge is 0.344 e. The van der Waals surface area contributed by atoms with Gasteiger partial charge in [0.1, 0.15) is 0 Å². The number of aryl methyl sites for hydroxylation is 1. The molecule has 0 saturated carbocycles. The Bertz CT molecular complexity index is 1380. The van der Waals surface area contributed by atoms with Crippen molar-refractivity contribution < 1.29 is 19.1 Å². The molecule has 0 radical (unpaired) electrons. The van der Waals surface area contributed by atoms with Crippen molar-refractivity contribution in [1.82, 2.24) is 5.43 Å². The van der Waals surface area contributed by atoms with Crippen LogP contribution in [0.5, 0.6) is 11.5 Å². The van der Waals surface area contributed by atoms with Gasteiger partial charge in [0.2, 0.25) is 0 Å². The fourth-order valence-corrected chi connectivity index (χ4v) is 3.48. The number of benzene rings is 4. The first-order chi connectivity index (χ1) is 17.0. The van der Waals surface area contributed by atoms with Crippen molar-refractivity contribution in [2.45, 2.75) is 6.92 Å². The van der Waals surface area contributed by atoms with Gasteiger partial charge in [-0.3, -0.25) is 4.79 Å². The number of rotatable bonds is 8. The van der Waals surface area contributed by atoms with E-state index in [0.29, 0.717) is 16.9 Å². The minimum atomic E-state index is -0.477. The fourth-order valence-electron chi connectivity index (χ4n) is 3.48. The Kier molecular flexibility index (Phi) is 7.37. The van der Waals surface area contributed by atoms with Crippen LogP contribution in [0.25, 0.3) is 10.8 Å². The molecule has 35 heavy (non-hydrogen) atoms. The van der Waals surface area contributed by atoms with Gasteiger partial charge in [-0.25, -0.2) is 10.2 Å². The highest BCUT2D eigenvalue weighted by Crippen LogP contribution is 2.29. The highest BCUT2D eigenvalue weighted by molar-refractivity contribution is 6.05. The van der Waals surface area contributed by atoms with Crippen molar-refractivity contribution in [3.05, 3.63) is 102 Å². The topological polar surface area (TPSA) is 89.0 Å². The molecular weight excluding hydrogens is 442 g/mol. The molecule has 0 saturated heterocycles. The first kappa shape index (κ1) is 23.5. The quantitative estimate of drug-likeness (QED) is 0.166. The SMILES string of the molecule is COc1cc(/C=N\NC(=O)CNc2ccc(C)cc2)ccc1OC(=O)c1cccc2ccccc12. The van der Waals surface area contributed by atoms with Crippen LogP contribution in [0.2, 0.25) is 0 Å². The summed E-state index contributed by atoms with van der Waals surface area (Å²) in [5, 5.41) is 8.79. The fraction of sp³-hybridized carbons (Fsp3) is 0.107. The van der Waals surface area contributed by atoms with Crippen LogP contribution in [0.1, 0.15) is 21.5 Å². The van der Waals surface area contributed by atoms with E-state index in [1.54, 1.807) is 24.3 Å². The predicted octanol–water partition coefficient (Wildman–Crippen LogP) is 4.94. The van der Waals surface area contributed by atoms with Gasteiger partial charge < -0.3 is 14.8 Å². The summed E-state index contributed by atoms with van der Waals surface area (Å²) in [5.41, 5.74) is 5.62. The minimum absolute atomic E-state index is 0.0901. The molecule has 7 heteroatoms. The molecule has 0 unspecified atom stereocenters. The van der Waals surface area contributed by atoms with E-state index >= 15 is 0 Å². The lowest BCUT2D eigenvalue weighted by Crippen LogP contribution is -2.25. The van der Waals surface area contributed by atoms with Gasteiger partial charge in [-0.05, 0) is 59.7 Å². The van der Waals surface area contributed by atoms with Crippen LogP contribution in [0.4, 0.5) is 5.69 Å². The maximum Gasteiger partial charge on any atom is 0.344 e. The minimum Gasteiger partial charge on any atom is -0.493 e. The Morgan fingerprint density at radius 2 is 1.69 bits per heavy atom. The Hall–Kier alpha value is -4.65. The first-order valence-electron chi connectivity index (χ1n) is 11.0. The van der Waals surface area contributed by atoms with Gasteiger partial charge in [-0.15, -0.1) is 0 Å². The van der Waals surface area contributed by atoms with Gasteiger partial charge in [0.05, 0.1) is 25.4 Å². The standard InChI is InChI=1S/C28H25N3O4/c1-19-10-13-22(14-11-19)29-18-27(32)31-30-17-20-12-15-25(26(16-20)34-2)35-28(33)24-9-5-7-21-6-3-4-8-23(21)24/h3-17,29H,18H2,1-2H3,(H,31,32)/b30-17-. The van der Waals surface area contributed by atoms with Gasteiger partial charge in [0.25, 0.3) is 5.91 Å². The number of hydrogen-bond donors (Lipinski definition) is 2. The molecule has 0 aromatic heterocycles. The summed E-state index contributed by atoms with van der Waals surface area (Å²) in [5.74, 6) is -0.104. The van der Waals surface area contributed by atoms with Crippen molar-refractivity contribution in [1.29, 1.82) is 0 Å². The number of esters is 1. The van der Waals surface area contributed by atoms with Gasteiger partial charge >= 0.3 is 5.97 Å². The van der Waals surface area contributed by atoms with E-state index in [1.165, 1.54) is 13.3 Å². The monoisotopic (exact) mass is 467 g/mol. The van der Waals surface area contributed by atoms with E-state index in [4.69, 9.17) is 9.47 Å². The average Bonchev–Trinajstić information content (AvgIpc) is 2.88. The number of hydrazone groups is 1. The third-order valence-electron chi connectivity index (χ3n) is 5.31. The molecule has 2 N–H and O–H groups in total. The molecule has 0 spiro atoms. The summed E-state index contributed by atoms with van der Waals surface area (Å²) in [4.78, 5) is 24.9. The average molecular weight is 468 g/mol. The lowest BCUT2D eigenvalue weighted by Gasteiger charge is -2.11. The van der Waals surface area contributed by atoms with E-state index in [2.05, 4.69) is 15.8 Å². The van der Waals surface area contributed by atoms with Crippen molar-refractivity contribution in [2.24, 2.45) is 5.10 Å². The number of anilines is 1. The number of methoxy groups -OCH3 is 1. The second-order valence-electron chi connectivity index (χ2n) is 7.84. The molecule has 1 amide bonds. The van der Waals surface area contributed by atoms with Crippen LogP contribution in [-0.4, -0.2) is 31.7 Å². The normalized spacial score (nSPS) is 10.8. The molecule has 0 atom stereocenters. The number of fused-ring (bicyclic) bond motifs is 1. The number of carbonyl (C=O) groups excluding carboxylic acids is 2. The largest absolute Gasteiger partial charge is 0.493 e. The summed E-state index contributed by atoms with van der Waals surface area (Å²) >= 11 is 0. The molecule has 4 aromatic rings. The van der Waals surface area contributed by atoms with E-state index in [0.717, 1.165) is 22.0 Å². The molecule has 0 bridgehead atoms. The van der Waals surface area contributed by atoms with E-state index in [1.807, 2.05) is 67.6 Å². The molecule has 4 rings (SSSR count). The van der Waals surface area contributed by atoms with Gasteiger partial charge in [0.15, 0.2) is 11.5 Å². The van der Waals surface area contributed by atoms with Crippen molar-refractivity contribution in [3.8, 4) is 11.5 Å². The highest BCUT2D eigenvalue weighted by Gasteiger charge is 2.15. The Balaban J connectivity index is 1.37. The Labute approximate surface area is 203 Å². The maximum atomic E-state index is 12.9. The Morgan fingerprint density at radius 1 is 0.914 bits per heavy atom. The summed E-state index contributed by atoms with van der Waals surface area (Å²) in [6, 6.07) is 25.9. The van der Waals surface area contributed by atoms with Crippen molar-refractivity contribution in [2.75, 3.05) is 19.0 Å². The zero-order chi connectivity index (χ0) is 24.6. The third-order valence-corrected chi connectivity index (χ3v) is 5.31. The van der Waals surface area contributed by atoms with Crippen LogP contribution in [0.3, 0.4) is 0 Å². The maximum absolute atomic E-state index is 12.9. The van der Waals surface area contributed by atoms with Gasteiger partial charge in [0, 0.05) is 5.69 Å². The van der Waals surface area contributed by atoms with Crippen LogP contribution in [-0.2, 0) is 4.79 Å². The highest BCUT2D eigenvalue weighted by atomic mass is 16.6. The second-order valence-corrected chi connectivity index (χ2v) is 7.84. The number of carbonyl (C=O) groups is 2. The van der Waals surface area contributed by atoms with Crippen LogP contribution >= 0.6 is 0 Å². The summed E-state index contributed by atoms with van der Waals surface area (Å²) in [6.07, 6.45) is 1.49. The van der Waals surface area contributed by atoms with Crippen molar-refractivity contribution >= 4 is 34.6 Å². The molecule has 7 nitrogen and oxygen atoms in total. The molecule has 176 valence electrons. The molecule has 0 heterocycles.